The van der Waals surface area contributed by atoms with Gasteiger partial charge in [0.15, 0.2) is 0 Å². The summed E-state index contributed by atoms with van der Waals surface area (Å²) in [4.78, 5) is 15.7. The molecule has 2 unspecified atom stereocenters. The number of rotatable bonds is 4. The Morgan fingerprint density at radius 1 is 1.19 bits per heavy atom. The van der Waals surface area contributed by atoms with Gasteiger partial charge in [-0.05, 0) is 36.5 Å². The van der Waals surface area contributed by atoms with Gasteiger partial charge in [-0.2, -0.15) is 0 Å². The van der Waals surface area contributed by atoms with Crippen LogP contribution < -0.4 is 4.74 Å². The Balaban J connectivity index is 1.82. The zero-order valence-corrected chi connectivity index (χ0v) is 11.6. The lowest BCUT2D eigenvalue weighted by Gasteiger charge is -2.26. The lowest BCUT2D eigenvalue weighted by Crippen LogP contribution is -2.42. The van der Waals surface area contributed by atoms with E-state index >= 15 is 0 Å². The summed E-state index contributed by atoms with van der Waals surface area (Å²) in [5.74, 6) is -0.108. The Morgan fingerprint density at radius 2 is 1.90 bits per heavy atom. The number of carboxylic acids is 1. The molecule has 1 aromatic heterocycles. The van der Waals surface area contributed by atoms with E-state index < -0.39 is 11.6 Å². The van der Waals surface area contributed by atoms with Crippen LogP contribution >= 0.6 is 0 Å². The molecule has 1 fully saturated rings. The van der Waals surface area contributed by atoms with E-state index in [1.807, 2.05) is 18.2 Å². The normalized spacial score (nSPS) is 24.7. The molecule has 0 saturated heterocycles. The van der Waals surface area contributed by atoms with Crippen molar-refractivity contribution in [3.05, 3.63) is 60.4 Å². The fourth-order valence-corrected chi connectivity index (χ4v) is 2.98. The number of aliphatic carboxylic acids is 1. The van der Waals surface area contributed by atoms with Gasteiger partial charge < -0.3 is 9.84 Å². The minimum Gasteiger partial charge on any atom is -0.478 e. The van der Waals surface area contributed by atoms with Crippen molar-refractivity contribution in [3.8, 4) is 5.75 Å². The molecule has 0 spiro atoms. The van der Waals surface area contributed by atoms with Crippen LogP contribution in [0.3, 0.4) is 0 Å². The van der Waals surface area contributed by atoms with Gasteiger partial charge in [0.25, 0.3) is 0 Å². The van der Waals surface area contributed by atoms with Crippen LogP contribution in [-0.4, -0.2) is 21.7 Å². The fraction of sp³-hybridized carbons (Fsp3) is 0.294. The molecule has 0 amide bonds. The summed E-state index contributed by atoms with van der Waals surface area (Å²) >= 11 is 0. The van der Waals surface area contributed by atoms with E-state index in [0.29, 0.717) is 18.6 Å². The van der Waals surface area contributed by atoms with Gasteiger partial charge in [-0.25, -0.2) is 4.79 Å². The topological polar surface area (TPSA) is 59.4 Å². The van der Waals surface area contributed by atoms with E-state index in [0.717, 1.165) is 6.42 Å². The van der Waals surface area contributed by atoms with Crippen molar-refractivity contribution in [2.75, 3.05) is 0 Å². The molecule has 1 aliphatic carbocycles. The molecule has 1 aromatic carbocycles. The molecule has 3 rings (SSSR count). The van der Waals surface area contributed by atoms with E-state index in [-0.39, 0.29) is 5.92 Å². The Hall–Kier alpha value is -2.36. The molecule has 1 heterocycles. The molecule has 21 heavy (non-hydrogen) atoms. The van der Waals surface area contributed by atoms with Crippen molar-refractivity contribution in [1.29, 1.82) is 0 Å². The first kappa shape index (κ1) is 13.6. The summed E-state index contributed by atoms with van der Waals surface area (Å²) in [7, 11) is 0. The zero-order valence-electron chi connectivity index (χ0n) is 11.6. The summed E-state index contributed by atoms with van der Waals surface area (Å²) in [5.41, 5.74) is 0.0425. The van der Waals surface area contributed by atoms with E-state index in [9.17, 15) is 9.90 Å². The number of hydrogen-bond donors (Lipinski definition) is 1. The van der Waals surface area contributed by atoms with Crippen molar-refractivity contribution in [2.45, 2.75) is 30.8 Å². The second-order valence-corrected chi connectivity index (χ2v) is 5.43. The number of pyridine rings is 1. The average Bonchev–Trinajstić information content (AvgIpc) is 2.95. The monoisotopic (exact) mass is 283 g/mol. The Bertz CT molecular complexity index is 614. The number of aromatic nitrogens is 1. The molecule has 1 N–H and O–H groups in total. The second-order valence-electron chi connectivity index (χ2n) is 5.43. The third-order valence-corrected chi connectivity index (χ3v) is 4.10. The van der Waals surface area contributed by atoms with Gasteiger partial charge in [0.05, 0.1) is 0 Å². The highest BCUT2D eigenvalue weighted by Crippen LogP contribution is 2.43. The maximum Gasteiger partial charge on any atom is 0.348 e. The van der Waals surface area contributed by atoms with Crippen molar-refractivity contribution in [1.82, 2.24) is 4.98 Å². The number of benzene rings is 1. The quantitative estimate of drug-likeness (QED) is 0.935. The fourth-order valence-electron chi connectivity index (χ4n) is 2.98. The lowest BCUT2D eigenvalue weighted by atomic mass is 9.94. The number of nitrogens with zero attached hydrogens (tertiary/aromatic N) is 1. The highest BCUT2D eigenvalue weighted by atomic mass is 16.5. The zero-order chi connectivity index (χ0) is 14.7. The van der Waals surface area contributed by atoms with E-state index in [1.54, 1.807) is 24.5 Å². The van der Waals surface area contributed by atoms with Crippen molar-refractivity contribution in [3.63, 3.8) is 0 Å². The second kappa shape index (κ2) is 5.56. The molecule has 4 heteroatoms. The predicted molar refractivity (Wildman–Crippen MR) is 78.3 cm³/mol. The van der Waals surface area contributed by atoms with E-state index in [1.165, 1.54) is 5.56 Å². The third kappa shape index (κ3) is 2.75. The van der Waals surface area contributed by atoms with Crippen LogP contribution in [0, 0.1) is 0 Å². The SMILES string of the molecule is O=C(O)C1(Oc2ccncc2)CCC(c2ccccc2)C1. The van der Waals surface area contributed by atoms with Gasteiger partial charge in [0.1, 0.15) is 5.75 Å². The number of ether oxygens (including phenoxy) is 1. The minimum absolute atomic E-state index is 0.226. The predicted octanol–water partition coefficient (Wildman–Crippen LogP) is 3.25. The van der Waals surface area contributed by atoms with E-state index in [2.05, 4.69) is 17.1 Å². The molecule has 4 nitrogen and oxygen atoms in total. The van der Waals surface area contributed by atoms with Gasteiger partial charge in [-0.3, -0.25) is 4.98 Å². The van der Waals surface area contributed by atoms with Gasteiger partial charge in [0, 0.05) is 18.8 Å². The third-order valence-electron chi connectivity index (χ3n) is 4.10. The van der Waals surface area contributed by atoms with Gasteiger partial charge in [-0.15, -0.1) is 0 Å². The van der Waals surface area contributed by atoms with Crippen molar-refractivity contribution >= 4 is 5.97 Å². The standard InChI is InChI=1S/C17H17NO3/c19-16(20)17(21-15-7-10-18-11-8-15)9-6-14(12-17)13-4-2-1-3-5-13/h1-5,7-8,10-11,14H,6,9,12H2,(H,19,20). The van der Waals surface area contributed by atoms with Crippen LogP contribution in [0.5, 0.6) is 5.75 Å². The first-order valence-electron chi connectivity index (χ1n) is 7.07. The van der Waals surface area contributed by atoms with Crippen molar-refractivity contribution < 1.29 is 14.6 Å². The highest BCUT2D eigenvalue weighted by molar-refractivity contribution is 5.78. The number of carbonyl (C=O) groups is 1. The lowest BCUT2D eigenvalue weighted by molar-refractivity contribution is -0.154. The van der Waals surface area contributed by atoms with Crippen molar-refractivity contribution in [2.24, 2.45) is 0 Å². The Kier molecular flexibility index (Phi) is 3.60. The van der Waals surface area contributed by atoms with Crippen LogP contribution in [-0.2, 0) is 4.79 Å². The molecule has 1 saturated carbocycles. The Labute approximate surface area is 123 Å². The largest absolute Gasteiger partial charge is 0.478 e. The van der Waals surface area contributed by atoms with Crippen LogP contribution in [0.1, 0.15) is 30.7 Å². The Morgan fingerprint density at radius 3 is 2.57 bits per heavy atom. The number of carboxylic acid groups (broad SMARTS) is 1. The minimum atomic E-state index is -1.14. The summed E-state index contributed by atoms with van der Waals surface area (Å²) in [6, 6.07) is 13.4. The van der Waals surface area contributed by atoms with Gasteiger partial charge >= 0.3 is 5.97 Å². The molecule has 0 radical (unpaired) electrons. The molecular weight excluding hydrogens is 266 g/mol. The summed E-state index contributed by atoms with van der Waals surface area (Å²) in [6.45, 7) is 0. The molecule has 2 atom stereocenters. The maximum atomic E-state index is 11.8. The summed E-state index contributed by atoms with van der Waals surface area (Å²) in [6.07, 6.45) is 5.04. The summed E-state index contributed by atoms with van der Waals surface area (Å²) in [5, 5.41) is 9.65. The van der Waals surface area contributed by atoms with Crippen LogP contribution in [0.4, 0.5) is 0 Å². The molecule has 0 bridgehead atoms. The molecular formula is C17H17NO3. The summed E-state index contributed by atoms with van der Waals surface area (Å²) < 4.78 is 5.84. The molecule has 1 aliphatic rings. The van der Waals surface area contributed by atoms with Gasteiger partial charge in [0.2, 0.25) is 5.60 Å². The first-order valence-corrected chi connectivity index (χ1v) is 7.07. The first-order chi connectivity index (χ1) is 10.2. The smallest absolute Gasteiger partial charge is 0.348 e. The highest BCUT2D eigenvalue weighted by Gasteiger charge is 2.48. The van der Waals surface area contributed by atoms with E-state index in [4.69, 9.17) is 4.74 Å². The van der Waals surface area contributed by atoms with Crippen LogP contribution in [0.25, 0.3) is 0 Å². The van der Waals surface area contributed by atoms with Gasteiger partial charge in [-0.1, -0.05) is 30.3 Å². The maximum absolute atomic E-state index is 11.8. The molecule has 2 aromatic rings. The number of hydrogen-bond acceptors (Lipinski definition) is 3. The molecule has 108 valence electrons. The van der Waals surface area contributed by atoms with Crippen LogP contribution in [0.2, 0.25) is 0 Å². The average molecular weight is 283 g/mol. The molecule has 0 aliphatic heterocycles. The van der Waals surface area contributed by atoms with Crippen LogP contribution in [0.15, 0.2) is 54.9 Å².